The average molecular weight is 266 g/mol. The highest BCUT2D eigenvalue weighted by Crippen LogP contribution is 2.09. The van der Waals surface area contributed by atoms with E-state index in [1.54, 1.807) is 6.07 Å². The molecule has 1 aromatic rings. The van der Waals surface area contributed by atoms with Crippen molar-refractivity contribution >= 4 is 0 Å². The molecule has 0 radical (unpaired) electrons. The zero-order valence-electron chi connectivity index (χ0n) is 12.5. The van der Waals surface area contributed by atoms with Crippen LogP contribution in [0.2, 0.25) is 0 Å². The third-order valence-electron chi connectivity index (χ3n) is 3.32. The molecule has 1 atom stereocenters. The van der Waals surface area contributed by atoms with Gasteiger partial charge in [-0.1, -0.05) is 25.1 Å². The zero-order chi connectivity index (χ0) is 14.1. The van der Waals surface area contributed by atoms with Crippen LogP contribution in [0.5, 0.6) is 0 Å². The smallest absolute Gasteiger partial charge is 0.127 e. The van der Waals surface area contributed by atoms with Crippen molar-refractivity contribution in [3.8, 4) is 0 Å². The largest absolute Gasteiger partial charge is 0.314 e. The van der Waals surface area contributed by atoms with Crippen LogP contribution in [-0.4, -0.2) is 31.1 Å². The van der Waals surface area contributed by atoms with Crippen LogP contribution in [0.4, 0.5) is 4.39 Å². The lowest BCUT2D eigenvalue weighted by molar-refractivity contribution is 0.306. The van der Waals surface area contributed by atoms with Crippen LogP contribution in [0.3, 0.4) is 0 Å². The van der Waals surface area contributed by atoms with Gasteiger partial charge < -0.3 is 10.2 Å². The third-order valence-corrected chi connectivity index (χ3v) is 3.32. The number of rotatable bonds is 9. The van der Waals surface area contributed by atoms with Crippen LogP contribution in [-0.2, 0) is 6.54 Å². The normalized spacial score (nSPS) is 12.9. The summed E-state index contributed by atoms with van der Waals surface area (Å²) >= 11 is 0. The van der Waals surface area contributed by atoms with E-state index in [9.17, 15) is 4.39 Å². The van der Waals surface area contributed by atoms with Crippen LogP contribution in [0.15, 0.2) is 24.3 Å². The first-order valence-corrected chi connectivity index (χ1v) is 7.28. The molecule has 0 aliphatic carbocycles. The molecule has 108 valence electrons. The Kier molecular flexibility index (Phi) is 7.68. The van der Waals surface area contributed by atoms with Crippen molar-refractivity contribution in [1.82, 2.24) is 10.2 Å². The van der Waals surface area contributed by atoms with Crippen molar-refractivity contribution in [1.29, 1.82) is 0 Å². The molecule has 0 saturated heterocycles. The first-order chi connectivity index (χ1) is 9.13. The van der Waals surface area contributed by atoms with E-state index >= 15 is 0 Å². The Hall–Kier alpha value is -0.930. The molecule has 19 heavy (non-hydrogen) atoms. The monoisotopic (exact) mass is 266 g/mol. The molecular formula is C16H27FN2. The molecule has 0 heterocycles. The number of nitrogens with one attached hydrogen (secondary N) is 1. The first kappa shape index (κ1) is 16.1. The average Bonchev–Trinajstić information content (AvgIpc) is 2.39. The van der Waals surface area contributed by atoms with Crippen molar-refractivity contribution in [2.24, 2.45) is 0 Å². The van der Waals surface area contributed by atoms with Gasteiger partial charge in [0, 0.05) is 18.2 Å². The molecule has 1 unspecified atom stereocenters. The summed E-state index contributed by atoms with van der Waals surface area (Å²) in [7, 11) is 2.05. The van der Waals surface area contributed by atoms with Gasteiger partial charge in [0.2, 0.25) is 0 Å². The van der Waals surface area contributed by atoms with Gasteiger partial charge in [-0.15, -0.1) is 0 Å². The highest BCUT2D eigenvalue weighted by Gasteiger charge is 2.06. The summed E-state index contributed by atoms with van der Waals surface area (Å²) in [4.78, 5) is 2.19. The Labute approximate surface area is 117 Å². The summed E-state index contributed by atoms with van der Waals surface area (Å²) in [5.74, 6) is -0.104. The minimum atomic E-state index is -0.104. The molecule has 0 spiro atoms. The van der Waals surface area contributed by atoms with Crippen LogP contribution < -0.4 is 5.32 Å². The van der Waals surface area contributed by atoms with E-state index in [1.807, 2.05) is 12.1 Å². The summed E-state index contributed by atoms with van der Waals surface area (Å²) in [5.41, 5.74) is 0.780. The van der Waals surface area contributed by atoms with Gasteiger partial charge in [-0.05, 0) is 52.4 Å². The lowest BCUT2D eigenvalue weighted by Gasteiger charge is -2.19. The third kappa shape index (κ3) is 6.69. The van der Waals surface area contributed by atoms with Crippen LogP contribution in [0, 0.1) is 5.82 Å². The quantitative estimate of drug-likeness (QED) is 0.736. The fourth-order valence-electron chi connectivity index (χ4n) is 2.16. The van der Waals surface area contributed by atoms with Crippen molar-refractivity contribution in [3.05, 3.63) is 35.6 Å². The predicted molar refractivity (Wildman–Crippen MR) is 79.7 cm³/mol. The van der Waals surface area contributed by atoms with E-state index < -0.39 is 0 Å². The van der Waals surface area contributed by atoms with Crippen molar-refractivity contribution in [2.75, 3.05) is 20.1 Å². The van der Waals surface area contributed by atoms with Gasteiger partial charge in [0.15, 0.2) is 0 Å². The van der Waals surface area contributed by atoms with Crippen LogP contribution in [0.1, 0.15) is 38.7 Å². The minimum absolute atomic E-state index is 0.104. The standard InChI is InChI=1S/C16H27FN2/c1-4-11-18-14(2)8-7-12-19(3)13-15-9-5-6-10-16(15)17/h5-6,9-10,14,18H,4,7-8,11-13H2,1-3H3. The molecule has 2 nitrogen and oxygen atoms in total. The Bertz CT molecular complexity index is 354. The molecule has 0 saturated carbocycles. The van der Waals surface area contributed by atoms with Gasteiger partial charge in [-0.2, -0.15) is 0 Å². The second-order valence-electron chi connectivity index (χ2n) is 5.33. The van der Waals surface area contributed by atoms with Crippen LogP contribution in [0.25, 0.3) is 0 Å². The Morgan fingerprint density at radius 1 is 1.32 bits per heavy atom. The summed E-state index contributed by atoms with van der Waals surface area (Å²) in [5, 5.41) is 3.49. The lowest BCUT2D eigenvalue weighted by atomic mass is 10.1. The Morgan fingerprint density at radius 3 is 2.74 bits per heavy atom. The van der Waals surface area contributed by atoms with Gasteiger partial charge in [-0.25, -0.2) is 4.39 Å². The summed E-state index contributed by atoms with van der Waals surface area (Å²) < 4.78 is 13.5. The number of halogens is 1. The molecule has 1 aromatic carbocycles. The fourth-order valence-corrected chi connectivity index (χ4v) is 2.16. The number of hydrogen-bond donors (Lipinski definition) is 1. The molecule has 0 aromatic heterocycles. The molecule has 0 amide bonds. The van der Waals surface area contributed by atoms with Crippen molar-refractivity contribution in [3.63, 3.8) is 0 Å². The van der Waals surface area contributed by atoms with Crippen molar-refractivity contribution < 1.29 is 4.39 Å². The van der Waals surface area contributed by atoms with E-state index in [2.05, 4.69) is 31.1 Å². The van der Waals surface area contributed by atoms with Gasteiger partial charge in [-0.3, -0.25) is 0 Å². The Morgan fingerprint density at radius 2 is 2.05 bits per heavy atom. The number of benzene rings is 1. The maximum absolute atomic E-state index is 13.5. The van der Waals surface area contributed by atoms with E-state index in [0.717, 1.165) is 25.1 Å². The van der Waals surface area contributed by atoms with E-state index in [0.29, 0.717) is 12.6 Å². The summed E-state index contributed by atoms with van der Waals surface area (Å²) in [6, 6.07) is 7.59. The minimum Gasteiger partial charge on any atom is -0.314 e. The van der Waals surface area contributed by atoms with Crippen LogP contribution >= 0.6 is 0 Å². The molecule has 1 rings (SSSR count). The predicted octanol–water partition coefficient (Wildman–Crippen LogP) is 3.43. The molecule has 3 heteroatoms. The molecular weight excluding hydrogens is 239 g/mol. The zero-order valence-corrected chi connectivity index (χ0v) is 12.5. The van der Waals surface area contributed by atoms with Gasteiger partial charge in [0.1, 0.15) is 5.82 Å². The Balaban J connectivity index is 2.21. The lowest BCUT2D eigenvalue weighted by Crippen LogP contribution is -2.28. The SMILES string of the molecule is CCCNC(C)CCCN(C)Cc1ccccc1F. The summed E-state index contributed by atoms with van der Waals surface area (Å²) in [6.07, 6.45) is 3.49. The van der Waals surface area contributed by atoms with E-state index in [-0.39, 0.29) is 5.82 Å². The number of hydrogen-bond acceptors (Lipinski definition) is 2. The fraction of sp³-hybridized carbons (Fsp3) is 0.625. The van der Waals surface area contributed by atoms with E-state index in [1.165, 1.54) is 18.9 Å². The second-order valence-corrected chi connectivity index (χ2v) is 5.33. The van der Waals surface area contributed by atoms with Gasteiger partial charge in [0.25, 0.3) is 0 Å². The second kappa shape index (κ2) is 9.05. The highest BCUT2D eigenvalue weighted by atomic mass is 19.1. The maximum Gasteiger partial charge on any atom is 0.127 e. The van der Waals surface area contributed by atoms with Gasteiger partial charge >= 0.3 is 0 Å². The molecule has 1 N–H and O–H groups in total. The highest BCUT2D eigenvalue weighted by molar-refractivity contribution is 5.16. The van der Waals surface area contributed by atoms with E-state index in [4.69, 9.17) is 0 Å². The van der Waals surface area contributed by atoms with Gasteiger partial charge in [0.05, 0.1) is 0 Å². The molecule has 0 fully saturated rings. The molecule has 0 bridgehead atoms. The molecule has 0 aliphatic heterocycles. The maximum atomic E-state index is 13.5. The topological polar surface area (TPSA) is 15.3 Å². The molecule has 0 aliphatic rings. The first-order valence-electron chi connectivity index (χ1n) is 7.28. The number of nitrogens with zero attached hydrogens (tertiary/aromatic N) is 1. The van der Waals surface area contributed by atoms with Crippen molar-refractivity contribution in [2.45, 2.75) is 45.7 Å². The summed E-state index contributed by atoms with van der Waals surface area (Å²) in [6.45, 7) is 7.19.